The quantitative estimate of drug-likeness (QED) is 0.311. The second-order valence-electron chi connectivity index (χ2n) is 7.05. The molecule has 0 aliphatic heterocycles. The Hall–Kier alpha value is -1.18. The summed E-state index contributed by atoms with van der Waals surface area (Å²) >= 11 is 4.60. The molecule has 5 nitrogen and oxygen atoms in total. The Labute approximate surface area is 229 Å². The van der Waals surface area contributed by atoms with Gasteiger partial charge in [0.25, 0.3) is 0 Å². The van der Waals surface area contributed by atoms with Crippen LogP contribution in [0.25, 0.3) is 27.5 Å². The van der Waals surface area contributed by atoms with E-state index in [4.69, 9.17) is 4.98 Å². The maximum absolute atomic E-state index is 11.6. The first-order valence-electron chi connectivity index (χ1n) is 8.82. The molecule has 1 aromatic heterocycles. The van der Waals surface area contributed by atoms with Gasteiger partial charge in [-0.3, -0.25) is 4.57 Å². The number of fused-ring (bicyclic) bond motifs is 2. The number of carbonyl (C=O) groups is 1. The van der Waals surface area contributed by atoms with Gasteiger partial charge >= 0.3 is 51.4 Å². The van der Waals surface area contributed by atoms with Crippen LogP contribution in [0, 0.1) is 11.3 Å². The molecule has 0 unspecified atom stereocenters. The molecule has 0 fully saturated rings. The van der Waals surface area contributed by atoms with Crippen molar-refractivity contribution >= 4 is 55.5 Å². The van der Waals surface area contributed by atoms with Crippen LogP contribution < -0.4 is 56.5 Å². The number of aromatic nitrogens is 2. The standard InChI is InChI=1S/C22H16BrN3O2S.K/c1-22(2,20(27)28)29-21-25-17-11-14(23)8-10-19(17)26(21)18-9-7-13(12-24)15-5-3-4-6-16(15)18;/h3-11H,1-2H3,(H,27,28);/q;+1/p-1. The smallest absolute Gasteiger partial charge is 0.549 e. The number of carboxylic acid groups (broad SMARTS) is 1. The molecule has 30 heavy (non-hydrogen) atoms. The summed E-state index contributed by atoms with van der Waals surface area (Å²) in [7, 11) is 0. The molecule has 0 N–H and O–H groups in total. The fourth-order valence-corrected chi connectivity index (χ4v) is 4.50. The van der Waals surface area contributed by atoms with Gasteiger partial charge in [0.05, 0.1) is 39.1 Å². The second kappa shape index (κ2) is 9.13. The molecule has 4 aromatic rings. The minimum atomic E-state index is -1.17. The van der Waals surface area contributed by atoms with Gasteiger partial charge in [0.2, 0.25) is 0 Å². The zero-order valence-corrected chi connectivity index (χ0v) is 22.2. The Kier molecular flexibility index (Phi) is 7.14. The Morgan fingerprint density at radius 3 is 2.53 bits per heavy atom. The molecule has 0 amide bonds. The molecule has 0 saturated carbocycles. The number of carboxylic acids is 1. The van der Waals surface area contributed by atoms with Gasteiger partial charge in [-0.05, 0) is 44.2 Å². The number of nitriles is 1. The third kappa shape index (κ3) is 4.25. The van der Waals surface area contributed by atoms with E-state index in [0.717, 1.165) is 43.7 Å². The van der Waals surface area contributed by atoms with Crippen molar-refractivity contribution in [3.05, 3.63) is 64.6 Å². The summed E-state index contributed by atoms with van der Waals surface area (Å²) in [6.45, 7) is 3.20. The van der Waals surface area contributed by atoms with E-state index in [2.05, 4.69) is 22.0 Å². The number of halogens is 1. The second-order valence-corrected chi connectivity index (χ2v) is 9.56. The molecule has 0 radical (unpaired) electrons. The van der Waals surface area contributed by atoms with E-state index in [9.17, 15) is 15.2 Å². The van der Waals surface area contributed by atoms with Gasteiger partial charge in [0.1, 0.15) is 0 Å². The molecule has 0 spiro atoms. The summed E-state index contributed by atoms with van der Waals surface area (Å²) in [4.78, 5) is 16.3. The number of hydrogen-bond donors (Lipinski definition) is 0. The molecule has 0 bridgehead atoms. The number of hydrogen-bond acceptors (Lipinski definition) is 5. The first-order valence-corrected chi connectivity index (χ1v) is 10.4. The predicted molar refractivity (Wildman–Crippen MR) is 116 cm³/mol. The maximum Gasteiger partial charge on any atom is 1.00 e. The number of imidazole rings is 1. The van der Waals surface area contributed by atoms with Gasteiger partial charge in [0, 0.05) is 15.2 Å². The molecule has 4 rings (SSSR count). The zero-order chi connectivity index (χ0) is 20.8. The monoisotopic (exact) mass is 503 g/mol. The number of carbonyl (C=O) groups excluding carboxylic acids is 1. The molecular formula is C22H15BrKN3O2S. The van der Waals surface area contributed by atoms with E-state index in [1.807, 2.05) is 53.1 Å². The van der Waals surface area contributed by atoms with Crippen molar-refractivity contribution in [2.24, 2.45) is 0 Å². The van der Waals surface area contributed by atoms with E-state index < -0.39 is 10.7 Å². The van der Waals surface area contributed by atoms with Crippen molar-refractivity contribution in [2.45, 2.75) is 23.8 Å². The molecule has 0 atom stereocenters. The Morgan fingerprint density at radius 1 is 1.17 bits per heavy atom. The van der Waals surface area contributed by atoms with Crippen LogP contribution >= 0.6 is 27.7 Å². The minimum Gasteiger partial charge on any atom is -0.549 e. The van der Waals surface area contributed by atoms with Crippen LogP contribution in [-0.4, -0.2) is 20.3 Å². The van der Waals surface area contributed by atoms with Gasteiger partial charge < -0.3 is 9.90 Å². The third-order valence-corrected chi connectivity index (χ3v) is 6.31. The maximum atomic E-state index is 11.6. The van der Waals surface area contributed by atoms with E-state index in [1.54, 1.807) is 19.9 Å². The molecule has 8 heteroatoms. The first kappa shape index (κ1) is 23.5. The van der Waals surface area contributed by atoms with Crippen molar-refractivity contribution in [1.29, 1.82) is 5.26 Å². The van der Waals surface area contributed by atoms with E-state index in [-0.39, 0.29) is 51.4 Å². The average molecular weight is 504 g/mol. The summed E-state index contributed by atoms with van der Waals surface area (Å²) < 4.78 is 1.66. The molecule has 0 saturated heterocycles. The molecule has 1 heterocycles. The average Bonchev–Trinajstić information content (AvgIpc) is 3.02. The number of thioether (sulfide) groups is 1. The topological polar surface area (TPSA) is 81.7 Å². The van der Waals surface area contributed by atoms with E-state index in [0.29, 0.717) is 10.7 Å². The summed E-state index contributed by atoms with van der Waals surface area (Å²) in [5.74, 6) is -1.16. The van der Waals surface area contributed by atoms with Crippen LogP contribution in [0.5, 0.6) is 0 Å². The molecule has 0 aliphatic rings. The minimum absolute atomic E-state index is 0. The van der Waals surface area contributed by atoms with E-state index >= 15 is 0 Å². The van der Waals surface area contributed by atoms with Gasteiger partial charge in [-0.2, -0.15) is 5.26 Å². The molecule has 3 aromatic carbocycles. The molecule has 0 aliphatic carbocycles. The van der Waals surface area contributed by atoms with Crippen LogP contribution in [0.1, 0.15) is 19.4 Å². The SMILES string of the molecule is CC(C)(Sc1nc2cc(Br)ccc2n1-c1ccc(C#N)c2ccccc12)C(=O)[O-].[K+]. The van der Waals surface area contributed by atoms with Crippen molar-refractivity contribution in [2.75, 3.05) is 0 Å². The van der Waals surface area contributed by atoms with Crippen LogP contribution in [-0.2, 0) is 4.79 Å². The first-order chi connectivity index (χ1) is 13.8. The zero-order valence-electron chi connectivity index (χ0n) is 16.6. The summed E-state index contributed by atoms with van der Waals surface area (Å²) in [6.07, 6.45) is 0. The number of nitrogens with zero attached hydrogens (tertiary/aromatic N) is 3. The number of rotatable bonds is 4. The fraction of sp³-hybridized carbons (Fsp3) is 0.136. The third-order valence-electron chi connectivity index (χ3n) is 4.69. The van der Waals surface area contributed by atoms with Gasteiger partial charge in [-0.15, -0.1) is 0 Å². The number of benzene rings is 3. The Morgan fingerprint density at radius 2 is 1.87 bits per heavy atom. The van der Waals surface area contributed by atoms with Gasteiger partial charge in [-0.1, -0.05) is 52.0 Å². The van der Waals surface area contributed by atoms with Crippen molar-refractivity contribution in [3.8, 4) is 11.8 Å². The summed E-state index contributed by atoms with van der Waals surface area (Å²) in [5, 5.41) is 23.4. The van der Waals surface area contributed by atoms with E-state index in [1.165, 1.54) is 0 Å². The van der Waals surface area contributed by atoms with Gasteiger partial charge in [-0.25, -0.2) is 4.98 Å². The normalized spacial score (nSPS) is 11.3. The van der Waals surface area contributed by atoms with Crippen molar-refractivity contribution < 1.29 is 61.3 Å². The Balaban J connectivity index is 0.00000256. The molecular weight excluding hydrogens is 489 g/mol. The van der Waals surface area contributed by atoms with Gasteiger partial charge in [0.15, 0.2) is 5.16 Å². The number of aliphatic carboxylic acids is 1. The van der Waals surface area contributed by atoms with Crippen LogP contribution in [0.4, 0.5) is 0 Å². The van der Waals surface area contributed by atoms with Crippen LogP contribution in [0.3, 0.4) is 0 Å². The predicted octanol–water partition coefficient (Wildman–Crippen LogP) is 1.44. The fourth-order valence-electron chi connectivity index (χ4n) is 3.18. The van der Waals surface area contributed by atoms with Crippen LogP contribution in [0.15, 0.2) is 64.2 Å². The Bertz CT molecular complexity index is 1330. The van der Waals surface area contributed by atoms with Crippen molar-refractivity contribution in [1.82, 2.24) is 9.55 Å². The summed E-state index contributed by atoms with van der Waals surface area (Å²) in [5.41, 5.74) is 3.01. The van der Waals surface area contributed by atoms with Crippen molar-refractivity contribution in [3.63, 3.8) is 0 Å². The largest absolute Gasteiger partial charge is 1.00 e. The summed E-state index contributed by atoms with van der Waals surface area (Å²) in [6, 6.07) is 19.3. The molecule has 144 valence electrons. The van der Waals surface area contributed by atoms with Crippen LogP contribution in [0.2, 0.25) is 0 Å².